The number of rotatable bonds is 5. The largest absolute Gasteiger partial charge is 0.392 e. The highest BCUT2D eigenvalue weighted by Gasteiger charge is 2.24. The number of piperazine rings is 1. The van der Waals surface area contributed by atoms with Gasteiger partial charge in [-0.25, -0.2) is 0 Å². The number of carbonyl (C=O) groups is 1. The van der Waals surface area contributed by atoms with Crippen molar-refractivity contribution >= 4 is 5.91 Å². The van der Waals surface area contributed by atoms with Gasteiger partial charge in [-0.3, -0.25) is 9.69 Å². The second kappa shape index (κ2) is 7.06. The van der Waals surface area contributed by atoms with Crippen LogP contribution in [0.25, 0.3) is 0 Å². The Hall–Kier alpha value is -0.870. The summed E-state index contributed by atoms with van der Waals surface area (Å²) in [6.07, 6.45) is 7.87. The van der Waals surface area contributed by atoms with Crippen molar-refractivity contribution in [1.29, 1.82) is 0 Å². The molecule has 0 bridgehead atoms. The number of nitrogens with zero attached hydrogens (tertiary/aromatic N) is 2. The van der Waals surface area contributed by atoms with Gasteiger partial charge in [0.25, 0.3) is 0 Å². The van der Waals surface area contributed by atoms with Crippen molar-refractivity contribution in [1.82, 2.24) is 9.80 Å². The predicted molar refractivity (Wildman–Crippen MR) is 75.8 cm³/mol. The van der Waals surface area contributed by atoms with Gasteiger partial charge in [0.1, 0.15) is 0 Å². The van der Waals surface area contributed by atoms with Crippen LogP contribution in [0.3, 0.4) is 0 Å². The Bertz CT molecular complexity index is 322. The summed E-state index contributed by atoms with van der Waals surface area (Å²) >= 11 is 0. The first-order valence-corrected chi connectivity index (χ1v) is 7.54. The summed E-state index contributed by atoms with van der Waals surface area (Å²) in [6.45, 7) is 6.15. The number of hydrogen-bond donors (Lipinski definition) is 1. The van der Waals surface area contributed by atoms with Crippen LogP contribution in [0, 0.1) is 5.92 Å². The number of allylic oxidation sites excluding steroid dienone is 2. The molecular formula is C15H26N2O2. The van der Waals surface area contributed by atoms with E-state index in [1.165, 1.54) is 0 Å². The predicted octanol–water partition coefficient (Wildman–Crippen LogP) is 1.26. The molecule has 0 radical (unpaired) electrons. The molecule has 108 valence electrons. The molecule has 1 heterocycles. The lowest BCUT2D eigenvalue weighted by molar-refractivity contribution is -0.133. The second-order valence-corrected chi connectivity index (χ2v) is 5.71. The van der Waals surface area contributed by atoms with Gasteiger partial charge >= 0.3 is 0 Å². The lowest BCUT2D eigenvalue weighted by Gasteiger charge is -2.36. The Labute approximate surface area is 116 Å². The Morgan fingerprint density at radius 3 is 2.68 bits per heavy atom. The molecule has 4 heteroatoms. The zero-order chi connectivity index (χ0) is 13.7. The Morgan fingerprint density at radius 2 is 2.11 bits per heavy atom. The molecule has 1 fully saturated rings. The van der Waals surface area contributed by atoms with Crippen molar-refractivity contribution in [3.8, 4) is 0 Å². The van der Waals surface area contributed by atoms with Gasteiger partial charge < -0.3 is 10.0 Å². The van der Waals surface area contributed by atoms with Gasteiger partial charge in [-0.15, -0.1) is 0 Å². The topological polar surface area (TPSA) is 43.8 Å². The minimum absolute atomic E-state index is 0.231. The van der Waals surface area contributed by atoms with Crippen LogP contribution in [-0.2, 0) is 4.79 Å². The fourth-order valence-corrected chi connectivity index (χ4v) is 2.83. The van der Waals surface area contributed by atoms with Gasteiger partial charge in [0.15, 0.2) is 0 Å². The fraction of sp³-hybridized carbons (Fsp3) is 0.800. The third-order valence-corrected chi connectivity index (χ3v) is 4.21. The van der Waals surface area contributed by atoms with E-state index < -0.39 is 0 Å². The molecule has 19 heavy (non-hydrogen) atoms. The summed E-state index contributed by atoms with van der Waals surface area (Å²) in [6, 6.07) is 0. The average Bonchev–Trinajstić information content (AvgIpc) is 2.92. The van der Waals surface area contributed by atoms with Crippen LogP contribution in [0.15, 0.2) is 12.2 Å². The first-order valence-electron chi connectivity index (χ1n) is 7.54. The van der Waals surface area contributed by atoms with Crippen LogP contribution in [-0.4, -0.2) is 59.6 Å². The molecule has 0 aromatic rings. The van der Waals surface area contributed by atoms with Crippen LogP contribution >= 0.6 is 0 Å². The average molecular weight is 266 g/mol. The lowest BCUT2D eigenvalue weighted by atomic mass is 10.0. The summed E-state index contributed by atoms with van der Waals surface area (Å²) in [5, 5.41) is 9.65. The monoisotopic (exact) mass is 266 g/mol. The highest BCUT2D eigenvalue weighted by Crippen LogP contribution is 2.21. The first-order chi connectivity index (χ1) is 9.19. The molecule has 2 unspecified atom stereocenters. The van der Waals surface area contributed by atoms with Crippen molar-refractivity contribution in [2.24, 2.45) is 5.92 Å². The zero-order valence-corrected chi connectivity index (χ0v) is 11.9. The van der Waals surface area contributed by atoms with Crippen molar-refractivity contribution in [2.45, 2.75) is 38.7 Å². The van der Waals surface area contributed by atoms with E-state index >= 15 is 0 Å². The Morgan fingerprint density at radius 1 is 1.37 bits per heavy atom. The van der Waals surface area contributed by atoms with E-state index in [4.69, 9.17) is 0 Å². The molecule has 0 aromatic heterocycles. The summed E-state index contributed by atoms with van der Waals surface area (Å²) in [5.41, 5.74) is 0. The number of aliphatic hydroxyl groups excluding tert-OH is 1. The van der Waals surface area contributed by atoms with E-state index in [2.05, 4.69) is 17.1 Å². The molecular weight excluding hydrogens is 240 g/mol. The van der Waals surface area contributed by atoms with E-state index in [9.17, 15) is 9.90 Å². The van der Waals surface area contributed by atoms with Crippen molar-refractivity contribution < 1.29 is 9.90 Å². The van der Waals surface area contributed by atoms with E-state index in [1.54, 1.807) is 0 Å². The van der Waals surface area contributed by atoms with Crippen LogP contribution in [0.4, 0.5) is 0 Å². The Kier molecular flexibility index (Phi) is 5.40. The number of amides is 1. The molecule has 1 saturated heterocycles. The maximum Gasteiger partial charge on any atom is 0.223 e. The third-order valence-electron chi connectivity index (χ3n) is 4.21. The minimum atomic E-state index is -0.231. The van der Waals surface area contributed by atoms with E-state index in [0.717, 1.165) is 52.0 Å². The standard InChI is InChI=1S/C15H26N2O2/c1-2-14(18)12-16-7-9-17(10-8-16)15(19)11-13-5-3-4-6-13/h3,5,13-14,18H,2,4,6-12H2,1H3. The maximum absolute atomic E-state index is 12.2. The lowest BCUT2D eigenvalue weighted by Crippen LogP contribution is -2.50. The van der Waals surface area contributed by atoms with Crippen LogP contribution in [0.2, 0.25) is 0 Å². The van der Waals surface area contributed by atoms with Crippen LogP contribution in [0.1, 0.15) is 32.6 Å². The second-order valence-electron chi connectivity index (χ2n) is 5.71. The molecule has 1 aliphatic carbocycles. The van der Waals surface area contributed by atoms with Gasteiger partial charge in [0.2, 0.25) is 5.91 Å². The molecule has 1 N–H and O–H groups in total. The van der Waals surface area contributed by atoms with Gasteiger partial charge in [-0.2, -0.15) is 0 Å². The number of carbonyl (C=O) groups excluding carboxylic acids is 1. The highest BCUT2D eigenvalue weighted by atomic mass is 16.3. The summed E-state index contributed by atoms with van der Waals surface area (Å²) < 4.78 is 0. The number of aliphatic hydroxyl groups is 1. The van der Waals surface area contributed by atoms with Gasteiger partial charge in [-0.1, -0.05) is 19.1 Å². The first kappa shape index (κ1) is 14.5. The molecule has 1 aliphatic heterocycles. The van der Waals surface area contributed by atoms with Crippen LogP contribution in [0.5, 0.6) is 0 Å². The minimum Gasteiger partial charge on any atom is -0.392 e. The fourth-order valence-electron chi connectivity index (χ4n) is 2.83. The van der Waals surface area contributed by atoms with Crippen molar-refractivity contribution in [3.63, 3.8) is 0 Å². The summed E-state index contributed by atoms with van der Waals surface area (Å²) in [7, 11) is 0. The molecule has 1 amide bonds. The van der Waals surface area contributed by atoms with Crippen molar-refractivity contribution in [3.05, 3.63) is 12.2 Å². The van der Waals surface area contributed by atoms with Gasteiger partial charge in [-0.05, 0) is 25.2 Å². The number of β-amino-alcohol motifs (C(OH)–C–C–N with tert-alkyl or cyclic N) is 1. The zero-order valence-electron chi connectivity index (χ0n) is 11.9. The Balaban J connectivity index is 1.70. The van der Waals surface area contributed by atoms with Crippen LogP contribution < -0.4 is 0 Å². The van der Waals surface area contributed by atoms with Gasteiger partial charge in [0.05, 0.1) is 6.10 Å². The normalized spacial score (nSPS) is 25.8. The van der Waals surface area contributed by atoms with E-state index in [-0.39, 0.29) is 6.10 Å². The molecule has 2 aliphatic rings. The van der Waals surface area contributed by atoms with E-state index in [0.29, 0.717) is 18.2 Å². The molecule has 2 rings (SSSR count). The third kappa shape index (κ3) is 4.32. The maximum atomic E-state index is 12.2. The van der Waals surface area contributed by atoms with Gasteiger partial charge in [0, 0.05) is 39.1 Å². The smallest absolute Gasteiger partial charge is 0.223 e. The molecule has 4 nitrogen and oxygen atoms in total. The summed E-state index contributed by atoms with van der Waals surface area (Å²) in [5.74, 6) is 0.764. The van der Waals surface area contributed by atoms with Crippen molar-refractivity contribution in [2.75, 3.05) is 32.7 Å². The molecule has 0 spiro atoms. The highest BCUT2D eigenvalue weighted by molar-refractivity contribution is 5.76. The molecule has 0 saturated carbocycles. The quantitative estimate of drug-likeness (QED) is 0.762. The molecule has 0 aromatic carbocycles. The summed E-state index contributed by atoms with van der Waals surface area (Å²) in [4.78, 5) is 16.4. The number of hydrogen-bond acceptors (Lipinski definition) is 3. The molecule has 2 atom stereocenters. The van der Waals surface area contributed by atoms with E-state index in [1.807, 2.05) is 11.8 Å². The SMILES string of the molecule is CCC(O)CN1CCN(C(=O)CC2C=CCC2)CC1.